The van der Waals surface area contributed by atoms with Crippen LogP contribution in [0.15, 0.2) is 34.9 Å². The predicted octanol–water partition coefficient (Wildman–Crippen LogP) is 3.70. The Hall–Kier alpha value is -2.14. The van der Waals surface area contributed by atoms with Crippen molar-refractivity contribution in [3.8, 4) is 11.3 Å². The highest BCUT2D eigenvalue weighted by Gasteiger charge is 2.63. The number of rotatable bonds is 4. The van der Waals surface area contributed by atoms with E-state index in [4.69, 9.17) is 4.52 Å². The number of carbonyl (C=O) groups excluding carboxylic acids is 1. The Labute approximate surface area is 161 Å². The number of aryl methyl sites for hydroxylation is 1. The zero-order chi connectivity index (χ0) is 19.4. The largest absolute Gasteiger partial charge is 0.360 e. The first-order chi connectivity index (χ1) is 12.7. The first kappa shape index (κ1) is 18.2. The van der Waals surface area contributed by atoms with Crippen LogP contribution in [0.1, 0.15) is 36.4 Å². The van der Waals surface area contributed by atoms with Gasteiger partial charge in [-0.05, 0) is 38.8 Å². The molecule has 5 heteroatoms. The van der Waals surface area contributed by atoms with Gasteiger partial charge in [0.05, 0.1) is 0 Å². The molecule has 27 heavy (non-hydrogen) atoms. The number of nitrogens with zero attached hydrogens (tertiary/aromatic N) is 3. The van der Waals surface area contributed by atoms with Gasteiger partial charge in [0.2, 0.25) is 0 Å². The molecule has 0 N–H and O–H groups in total. The second-order valence-corrected chi connectivity index (χ2v) is 9.33. The lowest BCUT2D eigenvalue weighted by molar-refractivity contribution is -0.0789. The molecule has 2 atom stereocenters. The van der Waals surface area contributed by atoms with Crippen LogP contribution in [-0.4, -0.2) is 54.6 Å². The van der Waals surface area contributed by atoms with Gasteiger partial charge >= 0.3 is 0 Å². The summed E-state index contributed by atoms with van der Waals surface area (Å²) in [7, 11) is 4.25. The van der Waals surface area contributed by atoms with Gasteiger partial charge < -0.3 is 14.3 Å². The molecule has 1 aliphatic carbocycles. The predicted molar refractivity (Wildman–Crippen MR) is 105 cm³/mol. The first-order valence-electron chi connectivity index (χ1n) is 9.69. The lowest BCUT2D eigenvalue weighted by atomic mass is 9.48. The average Bonchev–Trinajstić information content (AvgIpc) is 3.13. The van der Waals surface area contributed by atoms with Crippen molar-refractivity contribution in [1.82, 2.24) is 15.0 Å². The maximum Gasteiger partial charge on any atom is 0.259 e. The fourth-order valence-corrected chi connectivity index (χ4v) is 5.70. The van der Waals surface area contributed by atoms with Gasteiger partial charge in [-0.15, -0.1) is 0 Å². The molecular weight excluding hydrogens is 338 g/mol. The maximum atomic E-state index is 13.5. The van der Waals surface area contributed by atoms with E-state index in [2.05, 4.69) is 38.0 Å². The molecule has 0 radical (unpaired) electrons. The summed E-state index contributed by atoms with van der Waals surface area (Å²) in [6, 6.07) is 9.82. The fourth-order valence-electron chi connectivity index (χ4n) is 5.70. The summed E-state index contributed by atoms with van der Waals surface area (Å²) in [5.41, 5.74) is 2.68. The van der Waals surface area contributed by atoms with Gasteiger partial charge in [0.15, 0.2) is 0 Å². The van der Waals surface area contributed by atoms with E-state index in [9.17, 15) is 4.79 Å². The summed E-state index contributed by atoms with van der Waals surface area (Å²) >= 11 is 0. The number of fused-ring (bicyclic) bond motifs is 1. The van der Waals surface area contributed by atoms with Crippen molar-refractivity contribution >= 4 is 5.91 Å². The third-order valence-electron chi connectivity index (χ3n) is 6.44. The van der Waals surface area contributed by atoms with Crippen molar-refractivity contribution in [2.45, 2.75) is 27.2 Å². The highest BCUT2D eigenvalue weighted by molar-refractivity contribution is 6.01. The van der Waals surface area contributed by atoms with E-state index in [1.54, 1.807) is 0 Å². The van der Waals surface area contributed by atoms with E-state index < -0.39 is 0 Å². The van der Waals surface area contributed by atoms with Crippen LogP contribution in [0.3, 0.4) is 0 Å². The number of carbonyl (C=O) groups is 1. The SMILES string of the molecule is Cc1onc(-c2ccccc2)c1C(=O)N1C[C@@H]2C(C)(C)C[C@]2(CN(C)C)C1. The van der Waals surface area contributed by atoms with Gasteiger partial charge in [-0.3, -0.25) is 4.79 Å². The van der Waals surface area contributed by atoms with Crippen LogP contribution >= 0.6 is 0 Å². The van der Waals surface area contributed by atoms with Crippen molar-refractivity contribution in [2.24, 2.45) is 16.7 Å². The summed E-state index contributed by atoms with van der Waals surface area (Å²) in [5, 5.41) is 4.20. The Morgan fingerprint density at radius 1 is 1.30 bits per heavy atom. The number of hydrogen-bond donors (Lipinski definition) is 0. The number of amides is 1. The Bertz CT molecular complexity index is 852. The second-order valence-electron chi connectivity index (χ2n) is 9.33. The van der Waals surface area contributed by atoms with Crippen molar-refractivity contribution in [1.29, 1.82) is 0 Å². The van der Waals surface area contributed by atoms with E-state index in [0.717, 1.165) is 25.2 Å². The Morgan fingerprint density at radius 3 is 2.63 bits per heavy atom. The van der Waals surface area contributed by atoms with Crippen LogP contribution in [0.25, 0.3) is 11.3 Å². The Morgan fingerprint density at radius 2 is 2.00 bits per heavy atom. The van der Waals surface area contributed by atoms with Gasteiger partial charge in [-0.1, -0.05) is 49.3 Å². The van der Waals surface area contributed by atoms with Gasteiger partial charge in [-0.25, -0.2) is 0 Å². The lowest BCUT2D eigenvalue weighted by Gasteiger charge is -2.57. The summed E-state index contributed by atoms with van der Waals surface area (Å²) in [6.07, 6.45) is 1.17. The Kier molecular flexibility index (Phi) is 4.18. The molecule has 5 nitrogen and oxygen atoms in total. The number of aromatic nitrogens is 1. The Balaban J connectivity index is 1.65. The number of benzene rings is 1. The third kappa shape index (κ3) is 2.89. The summed E-state index contributed by atoms with van der Waals surface area (Å²) in [4.78, 5) is 17.8. The van der Waals surface area contributed by atoms with Crippen LogP contribution in [0, 0.1) is 23.7 Å². The van der Waals surface area contributed by atoms with Crippen LogP contribution in [-0.2, 0) is 0 Å². The highest BCUT2D eigenvalue weighted by Crippen LogP contribution is 2.63. The minimum atomic E-state index is 0.0518. The fraction of sp³-hybridized carbons (Fsp3) is 0.545. The molecule has 1 saturated heterocycles. The molecular formula is C22H29N3O2. The molecule has 1 saturated carbocycles. The molecule has 0 unspecified atom stereocenters. The molecule has 144 valence electrons. The van der Waals surface area contributed by atoms with E-state index in [-0.39, 0.29) is 16.7 Å². The zero-order valence-electron chi connectivity index (χ0n) is 17.0. The molecule has 2 heterocycles. The molecule has 1 aromatic heterocycles. The van der Waals surface area contributed by atoms with Gasteiger partial charge in [0.25, 0.3) is 5.91 Å². The van der Waals surface area contributed by atoms with E-state index in [0.29, 0.717) is 22.9 Å². The smallest absolute Gasteiger partial charge is 0.259 e. The minimum absolute atomic E-state index is 0.0518. The molecule has 1 amide bonds. The van der Waals surface area contributed by atoms with Gasteiger partial charge in [-0.2, -0.15) is 0 Å². The van der Waals surface area contributed by atoms with Gasteiger partial charge in [0, 0.05) is 30.6 Å². The van der Waals surface area contributed by atoms with Crippen LogP contribution in [0.2, 0.25) is 0 Å². The van der Waals surface area contributed by atoms with Gasteiger partial charge in [0.1, 0.15) is 17.0 Å². The summed E-state index contributed by atoms with van der Waals surface area (Å²) in [5.74, 6) is 1.19. The molecule has 4 rings (SSSR count). The van der Waals surface area contributed by atoms with Crippen molar-refractivity contribution in [3.63, 3.8) is 0 Å². The second kappa shape index (κ2) is 6.20. The van der Waals surface area contributed by atoms with Crippen LogP contribution < -0.4 is 0 Å². The molecule has 2 fully saturated rings. The van der Waals surface area contributed by atoms with E-state index in [1.165, 1.54) is 6.42 Å². The summed E-state index contributed by atoms with van der Waals surface area (Å²) in [6.45, 7) is 9.16. The normalized spacial score (nSPS) is 26.1. The molecule has 2 aromatic rings. The van der Waals surface area contributed by atoms with Crippen LogP contribution in [0.5, 0.6) is 0 Å². The zero-order valence-corrected chi connectivity index (χ0v) is 17.0. The summed E-state index contributed by atoms with van der Waals surface area (Å²) < 4.78 is 5.42. The standard InChI is InChI=1S/C22H29N3O2/c1-15-18(19(23-27-15)16-9-7-6-8-10-16)20(26)25-11-17-21(2,3)12-22(17,14-25)13-24(4)5/h6-10,17H,11-14H2,1-5H3/t17-,22+/m1/s1. The highest BCUT2D eigenvalue weighted by atomic mass is 16.5. The van der Waals surface area contributed by atoms with E-state index in [1.807, 2.05) is 42.2 Å². The number of hydrogen-bond acceptors (Lipinski definition) is 4. The maximum absolute atomic E-state index is 13.5. The molecule has 1 aromatic carbocycles. The minimum Gasteiger partial charge on any atom is -0.360 e. The van der Waals surface area contributed by atoms with Crippen molar-refractivity contribution in [3.05, 3.63) is 41.7 Å². The topological polar surface area (TPSA) is 49.6 Å². The quantitative estimate of drug-likeness (QED) is 0.827. The molecule has 0 spiro atoms. The average molecular weight is 367 g/mol. The first-order valence-corrected chi connectivity index (χ1v) is 9.69. The lowest BCUT2D eigenvalue weighted by Crippen LogP contribution is -2.57. The molecule has 2 aliphatic rings. The van der Waals surface area contributed by atoms with E-state index >= 15 is 0 Å². The van der Waals surface area contributed by atoms with Crippen LogP contribution in [0.4, 0.5) is 0 Å². The van der Waals surface area contributed by atoms with Crippen molar-refractivity contribution in [2.75, 3.05) is 33.7 Å². The molecule has 0 bridgehead atoms. The monoisotopic (exact) mass is 367 g/mol. The third-order valence-corrected chi connectivity index (χ3v) is 6.44. The number of likely N-dealkylation sites (tertiary alicyclic amines) is 1. The molecule has 1 aliphatic heterocycles. The van der Waals surface area contributed by atoms with Crippen molar-refractivity contribution < 1.29 is 9.32 Å².